The third kappa shape index (κ3) is 4.23. The Balaban J connectivity index is 3.16. The third-order valence-electron chi connectivity index (χ3n) is 0.593. The molecule has 0 spiro atoms. The molecule has 0 aliphatic rings. The highest BCUT2D eigenvalue weighted by Crippen LogP contribution is 2.05. The molecule has 0 saturated carbocycles. The summed E-state index contributed by atoms with van der Waals surface area (Å²) in [5.41, 5.74) is 4.84. The summed E-state index contributed by atoms with van der Waals surface area (Å²) in [6.45, 7) is -0.126. The zero-order chi connectivity index (χ0) is 7.28. The molecule has 0 saturated heterocycles. The lowest BCUT2D eigenvalue weighted by Crippen LogP contribution is -2.20. The molecule has 0 bridgehead atoms. The molecule has 0 aromatic heterocycles. The SMILES string of the molecule is NCCOC(F)C(F)F. The number of hydrogen-bond acceptors (Lipinski definition) is 2. The Bertz CT molecular complexity index is 70.8. The molecule has 0 aromatic carbocycles. The summed E-state index contributed by atoms with van der Waals surface area (Å²) in [5.74, 6) is 0. The molecule has 0 heterocycles. The summed E-state index contributed by atoms with van der Waals surface area (Å²) < 4.78 is 38.0. The molecule has 9 heavy (non-hydrogen) atoms. The number of rotatable bonds is 4. The van der Waals surface area contributed by atoms with Crippen LogP contribution in [0.1, 0.15) is 0 Å². The van der Waals surface area contributed by atoms with E-state index in [0.29, 0.717) is 0 Å². The normalized spacial score (nSPS) is 14.3. The molecule has 56 valence electrons. The minimum Gasteiger partial charge on any atom is -0.342 e. The molecule has 0 aromatic rings. The average Bonchev–Trinajstić information content (AvgIpc) is 1.82. The minimum absolute atomic E-state index is 0.0487. The molecule has 0 aliphatic heterocycles. The van der Waals surface area contributed by atoms with Crippen LogP contribution in [0, 0.1) is 0 Å². The Hall–Kier alpha value is -0.290. The monoisotopic (exact) mass is 143 g/mol. The van der Waals surface area contributed by atoms with Crippen LogP contribution < -0.4 is 5.73 Å². The zero-order valence-electron chi connectivity index (χ0n) is 4.69. The molecule has 0 fully saturated rings. The van der Waals surface area contributed by atoms with Gasteiger partial charge in [-0.2, -0.15) is 0 Å². The van der Waals surface area contributed by atoms with Gasteiger partial charge in [0, 0.05) is 6.54 Å². The van der Waals surface area contributed by atoms with E-state index in [9.17, 15) is 13.2 Å². The number of alkyl halides is 3. The summed E-state index contributed by atoms with van der Waals surface area (Å²) in [6.07, 6.45) is -5.56. The van der Waals surface area contributed by atoms with Gasteiger partial charge in [0.2, 0.25) is 0 Å². The number of nitrogens with two attached hydrogens (primary N) is 1. The van der Waals surface area contributed by atoms with Crippen LogP contribution in [0.3, 0.4) is 0 Å². The Kier molecular flexibility index (Phi) is 4.43. The maximum absolute atomic E-state index is 11.7. The lowest BCUT2D eigenvalue weighted by atomic mass is 10.7. The third-order valence-corrected chi connectivity index (χ3v) is 0.593. The largest absolute Gasteiger partial charge is 0.342 e. The van der Waals surface area contributed by atoms with Gasteiger partial charge >= 0.3 is 0 Å². The van der Waals surface area contributed by atoms with Crippen molar-refractivity contribution in [2.75, 3.05) is 13.2 Å². The molecule has 1 atom stereocenters. The fourth-order valence-corrected chi connectivity index (χ4v) is 0.253. The van der Waals surface area contributed by atoms with Gasteiger partial charge in [-0.05, 0) is 0 Å². The van der Waals surface area contributed by atoms with E-state index in [2.05, 4.69) is 4.74 Å². The second-order valence-electron chi connectivity index (χ2n) is 1.35. The summed E-state index contributed by atoms with van der Waals surface area (Å²) in [7, 11) is 0. The van der Waals surface area contributed by atoms with Gasteiger partial charge in [0.05, 0.1) is 6.61 Å². The number of halogens is 3. The predicted molar refractivity (Wildman–Crippen MR) is 25.9 cm³/mol. The van der Waals surface area contributed by atoms with E-state index in [-0.39, 0.29) is 13.2 Å². The molecular formula is C4H8F3NO. The Morgan fingerprint density at radius 2 is 1.89 bits per heavy atom. The standard InChI is InChI=1S/C4H8F3NO/c5-3(6)4(7)9-2-1-8/h3-4H,1-2,8H2. The lowest BCUT2D eigenvalue weighted by Gasteiger charge is -2.05. The molecule has 0 aliphatic carbocycles. The Morgan fingerprint density at radius 1 is 1.33 bits per heavy atom. The molecule has 0 amide bonds. The summed E-state index contributed by atoms with van der Waals surface area (Å²) in [5, 5.41) is 0. The lowest BCUT2D eigenvalue weighted by molar-refractivity contribution is -0.126. The molecule has 5 heteroatoms. The van der Waals surface area contributed by atoms with E-state index in [1.807, 2.05) is 0 Å². The van der Waals surface area contributed by atoms with Gasteiger partial charge in [-0.3, -0.25) is 0 Å². The number of ether oxygens (including phenoxy) is 1. The predicted octanol–water partition coefficient (Wildman–Crippen LogP) is 0.522. The van der Waals surface area contributed by atoms with Gasteiger partial charge in [0.25, 0.3) is 12.8 Å². The second-order valence-corrected chi connectivity index (χ2v) is 1.35. The van der Waals surface area contributed by atoms with Crippen molar-refractivity contribution in [2.45, 2.75) is 12.8 Å². The minimum atomic E-state index is -3.07. The van der Waals surface area contributed by atoms with E-state index < -0.39 is 12.8 Å². The highest BCUT2D eigenvalue weighted by Gasteiger charge is 2.18. The van der Waals surface area contributed by atoms with Crippen molar-refractivity contribution in [3.8, 4) is 0 Å². The van der Waals surface area contributed by atoms with Crippen LogP contribution in [-0.2, 0) is 4.74 Å². The van der Waals surface area contributed by atoms with E-state index in [1.54, 1.807) is 0 Å². The maximum atomic E-state index is 11.7. The Labute approximate surface area is 50.8 Å². The highest BCUT2D eigenvalue weighted by atomic mass is 19.3. The highest BCUT2D eigenvalue weighted by molar-refractivity contribution is 4.42. The van der Waals surface area contributed by atoms with Gasteiger partial charge in [-0.25, -0.2) is 13.2 Å². The van der Waals surface area contributed by atoms with E-state index in [0.717, 1.165) is 0 Å². The molecular weight excluding hydrogens is 135 g/mol. The van der Waals surface area contributed by atoms with Crippen LogP contribution in [-0.4, -0.2) is 25.9 Å². The first-order chi connectivity index (χ1) is 4.18. The fraction of sp³-hybridized carbons (Fsp3) is 1.00. The van der Waals surface area contributed by atoms with Crippen LogP contribution in [0.5, 0.6) is 0 Å². The van der Waals surface area contributed by atoms with Crippen molar-refractivity contribution in [3.63, 3.8) is 0 Å². The molecule has 0 rings (SSSR count). The fourth-order valence-electron chi connectivity index (χ4n) is 0.253. The maximum Gasteiger partial charge on any atom is 0.293 e. The summed E-state index contributed by atoms with van der Waals surface area (Å²) >= 11 is 0. The van der Waals surface area contributed by atoms with Crippen molar-refractivity contribution in [1.29, 1.82) is 0 Å². The van der Waals surface area contributed by atoms with Gasteiger partial charge in [0.1, 0.15) is 0 Å². The molecule has 2 N–H and O–H groups in total. The van der Waals surface area contributed by atoms with Crippen molar-refractivity contribution in [3.05, 3.63) is 0 Å². The summed E-state index contributed by atoms with van der Waals surface area (Å²) in [6, 6.07) is 0. The van der Waals surface area contributed by atoms with Crippen LogP contribution in [0.4, 0.5) is 13.2 Å². The van der Waals surface area contributed by atoms with Gasteiger partial charge in [-0.1, -0.05) is 0 Å². The first kappa shape index (κ1) is 8.71. The zero-order valence-corrected chi connectivity index (χ0v) is 4.69. The average molecular weight is 143 g/mol. The first-order valence-electron chi connectivity index (χ1n) is 2.42. The topological polar surface area (TPSA) is 35.2 Å². The first-order valence-corrected chi connectivity index (χ1v) is 2.42. The number of hydrogen-bond donors (Lipinski definition) is 1. The van der Waals surface area contributed by atoms with Crippen molar-refractivity contribution < 1.29 is 17.9 Å². The van der Waals surface area contributed by atoms with Crippen LogP contribution >= 0.6 is 0 Å². The smallest absolute Gasteiger partial charge is 0.293 e. The van der Waals surface area contributed by atoms with Crippen LogP contribution in [0.2, 0.25) is 0 Å². The van der Waals surface area contributed by atoms with Gasteiger partial charge < -0.3 is 10.5 Å². The molecule has 0 radical (unpaired) electrons. The van der Waals surface area contributed by atoms with Crippen molar-refractivity contribution in [1.82, 2.24) is 0 Å². The van der Waals surface area contributed by atoms with Crippen LogP contribution in [0.25, 0.3) is 0 Å². The van der Waals surface area contributed by atoms with E-state index in [1.165, 1.54) is 0 Å². The van der Waals surface area contributed by atoms with E-state index in [4.69, 9.17) is 5.73 Å². The Morgan fingerprint density at radius 3 is 2.22 bits per heavy atom. The van der Waals surface area contributed by atoms with Crippen molar-refractivity contribution in [2.24, 2.45) is 5.73 Å². The quantitative estimate of drug-likeness (QED) is 0.622. The van der Waals surface area contributed by atoms with Gasteiger partial charge in [0.15, 0.2) is 0 Å². The molecule has 1 unspecified atom stereocenters. The van der Waals surface area contributed by atoms with E-state index >= 15 is 0 Å². The van der Waals surface area contributed by atoms with Gasteiger partial charge in [-0.15, -0.1) is 0 Å². The van der Waals surface area contributed by atoms with Crippen molar-refractivity contribution >= 4 is 0 Å². The van der Waals surface area contributed by atoms with Crippen LogP contribution in [0.15, 0.2) is 0 Å². The second kappa shape index (κ2) is 4.58. The molecule has 2 nitrogen and oxygen atoms in total. The summed E-state index contributed by atoms with van der Waals surface area (Å²) in [4.78, 5) is 0.